The molecule has 1 aromatic rings. The van der Waals surface area contributed by atoms with Gasteiger partial charge in [-0.05, 0) is 28.9 Å². The molecule has 0 aliphatic rings. The second kappa shape index (κ2) is 6.55. The van der Waals surface area contributed by atoms with Crippen molar-refractivity contribution in [3.63, 3.8) is 0 Å². The van der Waals surface area contributed by atoms with Crippen LogP contribution in [0, 0.1) is 0 Å². The summed E-state index contributed by atoms with van der Waals surface area (Å²) >= 11 is 3.28. The fourth-order valence-corrected chi connectivity index (χ4v) is 1.94. The van der Waals surface area contributed by atoms with E-state index in [9.17, 15) is 9.59 Å². The molecular formula is C11H15BrN2O4. The maximum atomic E-state index is 12.0. The monoisotopic (exact) mass is 318 g/mol. The molecule has 0 spiro atoms. The molecule has 0 saturated carbocycles. The lowest BCUT2D eigenvalue weighted by Gasteiger charge is -2.14. The van der Waals surface area contributed by atoms with E-state index in [0.29, 0.717) is 12.2 Å². The van der Waals surface area contributed by atoms with Crippen LogP contribution in [0.4, 0.5) is 0 Å². The number of methoxy groups -OCH3 is 1. The van der Waals surface area contributed by atoms with Crippen LogP contribution in [0.15, 0.2) is 16.7 Å². The van der Waals surface area contributed by atoms with Crippen LogP contribution >= 0.6 is 15.9 Å². The minimum Gasteiger partial charge on any atom is -0.467 e. The molecule has 1 heterocycles. The second-order valence-corrected chi connectivity index (χ2v) is 4.48. The lowest BCUT2D eigenvalue weighted by Crippen LogP contribution is -2.44. The first-order valence-electron chi connectivity index (χ1n) is 5.38. The second-order valence-electron chi connectivity index (χ2n) is 3.56. The largest absolute Gasteiger partial charge is 0.467 e. The van der Waals surface area contributed by atoms with Gasteiger partial charge >= 0.3 is 5.97 Å². The summed E-state index contributed by atoms with van der Waals surface area (Å²) in [5.74, 6) is -1.12. The average Bonchev–Trinajstić information content (AvgIpc) is 2.76. The highest BCUT2D eigenvalue weighted by Crippen LogP contribution is 2.15. The van der Waals surface area contributed by atoms with Gasteiger partial charge in [0.2, 0.25) is 0 Å². The van der Waals surface area contributed by atoms with Crippen LogP contribution in [-0.4, -0.2) is 41.3 Å². The minimum absolute atomic E-state index is 0.409. The standard InChI is InChI=1S/C11H15BrN2O4/c1-3-14-5-7(12)4-9(14)10(16)13-8(6-15)11(17)18-2/h4-5,8,15H,3,6H2,1-2H3,(H,13,16). The summed E-state index contributed by atoms with van der Waals surface area (Å²) in [5.41, 5.74) is 0.409. The van der Waals surface area contributed by atoms with Crippen molar-refractivity contribution in [2.24, 2.45) is 0 Å². The Balaban J connectivity index is 2.83. The Bertz CT molecular complexity index is 444. The number of aliphatic hydroxyl groups excluding tert-OH is 1. The van der Waals surface area contributed by atoms with Gasteiger partial charge in [0, 0.05) is 17.2 Å². The number of hydrogen-bond acceptors (Lipinski definition) is 4. The van der Waals surface area contributed by atoms with E-state index >= 15 is 0 Å². The molecule has 0 aliphatic heterocycles. The molecule has 0 radical (unpaired) electrons. The van der Waals surface area contributed by atoms with Crippen molar-refractivity contribution in [1.82, 2.24) is 9.88 Å². The van der Waals surface area contributed by atoms with Crippen molar-refractivity contribution in [2.75, 3.05) is 13.7 Å². The number of esters is 1. The Hall–Kier alpha value is -1.34. The molecule has 7 heteroatoms. The summed E-state index contributed by atoms with van der Waals surface area (Å²) in [6, 6.07) is 0.589. The van der Waals surface area contributed by atoms with E-state index in [1.54, 1.807) is 16.8 Å². The van der Waals surface area contributed by atoms with Crippen molar-refractivity contribution in [1.29, 1.82) is 0 Å². The summed E-state index contributed by atoms with van der Waals surface area (Å²) in [6.07, 6.45) is 1.76. The summed E-state index contributed by atoms with van der Waals surface area (Å²) in [7, 11) is 1.20. The first-order chi connectivity index (χ1) is 8.53. The highest BCUT2D eigenvalue weighted by Gasteiger charge is 2.22. The van der Waals surface area contributed by atoms with Gasteiger partial charge in [-0.25, -0.2) is 4.79 Å². The average molecular weight is 319 g/mol. The Morgan fingerprint density at radius 1 is 1.61 bits per heavy atom. The molecule has 0 fully saturated rings. The van der Waals surface area contributed by atoms with Crippen LogP contribution in [0.3, 0.4) is 0 Å². The third kappa shape index (κ3) is 3.33. The number of carbonyl (C=O) groups is 2. The summed E-state index contributed by atoms with van der Waals surface area (Å²) in [4.78, 5) is 23.2. The zero-order chi connectivity index (χ0) is 13.7. The van der Waals surface area contributed by atoms with E-state index in [2.05, 4.69) is 26.0 Å². The molecule has 1 aromatic heterocycles. The summed E-state index contributed by atoms with van der Waals surface area (Å²) in [5, 5.41) is 11.4. The number of aromatic nitrogens is 1. The lowest BCUT2D eigenvalue weighted by molar-refractivity contribution is -0.143. The molecule has 1 atom stereocenters. The van der Waals surface area contributed by atoms with Crippen LogP contribution < -0.4 is 5.32 Å². The molecule has 1 unspecified atom stereocenters. The van der Waals surface area contributed by atoms with Crippen LogP contribution in [0.1, 0.15) is 17.4 Å². The van der Waals surface area contributed by atoms with Gasteiger partial charge in [0.1, 0.15) is 5.69 Å². The van der Waals surface area contributed by atoms with Gasteiger partial charge < -0.3 is 19.7 Å². The number of carbonyl (C=O) groups excluding carboxylic acids is 2. The van der Waals surface area contributed by atoms with Gasteiger partial charge in [0.15, 0.2) is 6.04 Å². The minimum atomic E-state index is -1.05. The number of hydrogen-bond donors (Lipinski definition) is 2. The fraction of sp³-hybridized carbons (Fsp3) is 0.455. The van der Waals surface area contributed by atoms with Gasteiger partial charge in [0.25, 0.3) is 5.91 Å². The smallest absolute Gasteiger partial charge is 0.330 e. The number of halogens is 1. The zero-order valence-electron chi connectivity index (χ0n) is 10.1. The number of aryl methyl sites for hydroxylation is 1. The van der Waals surface area contributed by atoms with Gasteiger partial charge in [0.05, 0.1) is 13.7 Å². The van der Waals surface area contributed by atoms with Gasteiger partial charge in [-0.3, -0.25) is 4.79 Å². The van der Waals surface area contributed by atoms with Gasteiger partial charge in [-0.1, -0.05) is 0 Å². The molecule has 18 heavy (non-hydrogen) atoms. The number of rotatable bonds is 5. The predicted octanol–water partition coefficient (Wildman–Crippen LogP) is 0.534. The Kier molecular flexibility index (Phi) is 5.36. The topological polar surface area (TPSA) is 80.6 Å². The van der Waals surface area contributed by atoms with Crippen molar-refractivity contribution >= 4 is 27.8 Å². The summed E-state index contributed by atoms with van der Waals surface area (Å²) < 4.78 is 6.97. The summed E-state index contributed by atoms with van der Waals surface area (Å²) in [6.45, 7) is 2.01. The van der Waals surface area contributed by atoms with Gasteiger partial charge in [-0.2, -0.15) is 0 Å². The van der Waals surface area contributed by atoms with Crippen LogP contribution in [0.2, 0.25) is 0 Å². The molecule has 0 aromatic carbocycles. The van der Waals surface area contributed by atoms with E-state index in [1.807, 2.05) is 6.92 Å². The Labute approximate surface area is 113 Å². The molecule has 6 nitrogen and oxygen atoms in total. The van der Waals surface area contributed by atoms with Crippen LogP contribution in [0.25, 0.3) is 0 Å². The van der Waals surface area contributed by atoms with Gasteiger partial charge in [-0.15, -0.1) is 0 Å². The van der Waals surface area contributed by atoms with Crippen LogP contribution in [-0.2, 0) is 16.1 Å². The SMILES string of the molecule is CCn1cc(Br)cc1C(=O)NC(CO)C(=O)OC. The highest BCUT2D eigenvalue weighted by atomic mass is 79.9. The maximum Gasteiger partial charge on any atom is 0.330 e. The number of nitrogens with zero attached hydrogens (tertiary/aromatic N) is 1. The third-order valence-electron chi connectivity index (χ3n) is 2.41. The number of ether oxygens (including phenoxy) is 1. The quantitative estimate of drug-likeness (QED) is 0.776. The molecule has 1 rings (SSSR count). The molecular weight excluding hydrogens is 304 g/mol. The van der Waals surface area contributed by atoms with Crippen molar-refractivity contribution in [3.8, 4) is 0 Å². The molecule has 0 saturated heterocycles. The highest BCUT2D eigenvalue weighted by molar-refractivity contribution is 9.10. The molecule has 2 N–H and O–H groups in total. The van der Waals surface area contributed by atoms with Crippen LogP contribution in [0.5, 0.6) is 0 Å². The lowest BCUT2D eigenvalue weighted by atomic mass is 10.3. The molecule has 100 valence electrons. The molecule has 0 aliphatic carbocycles. The Morgan fingerprint density at radius 2 is 2.28 bits per heavy atom. The normalized spacial score (nSPS) is 12.0. The Morgan fingerprint density at radius 3 is 2.78 bits per heavy atom. The zero-order valence-corrected chi connectivity index (χ0v) is 11.7. The molecule has 1 amide bonds. The number of nitrogens with one attached hydrogen (secondary N) is 1. The van der Waals surface area contributed by atoms with Crippen molar-refractivity contribution < 1.29 is 19.4 Å². The van der Waals surface area contributed by atoms with E-state index < -0.39 is 24.5 Å². The van der Waals surface area contributed by atoms with E-state index in [4.69, 9.17) is 5.11 Å². The maximum absolute atomic E-state index is 12.0. The third-order valence-corrected chi connectivity index (χ3v) is 2.84. The first-order valence-corrected chi connectivity index (χ1v) is 6.18. The number of amides is 1. The first kappa shape index (κ1) is 14.7. The predicted molar refractivity (Wildman–Crippen MR) is 68.2 cm³/mol. The van der Waals surface area contributed by atoms with E-state index in [0.717, 1.165) is 4.47 Å². The van der Waals surface area contributed by atoms with E-state index in [1.165, 1.54) is 7.11 Å². The van der Waals surface area contributed by atoms with Crippen molar-refractivity contribution in [2.45, 2.75) is 19.5 Å². The van der Waals surface area contributed by atoms with Crippen molar-refractivity contribution in [3.05, 3.63) is 22.4 Å². The number of aliphatic hydroxyl groups is 1. The molecule has 0 bridgehead atoms. The van der Waals surface area contributed by atoms with E-state index in [-0.39, 0.29) is 0 Å². The fourth-order valence-electron chi connectivity index (χ4n) is 1.48.